The fourth-order valence-corrected chi connectivity index (χ4v) is 2.53. The molecule has 2 aromatic heterocycles. The number of methoxy groups -OCH3 is 1. The molecule has 0 fully saturated rings. The molecule has 3 rings (SSSR count). The lowest BCUT2D eigenvalue weighted by atomic mass is 10.2. The summed E-state index contributed by atoms with van der Waals surface area (Å²) in [5.74, 6) is -0.250. The van der Waals surface area contributed by atoms with Crippen molar-refractivity contribution in [2.45, 2.75) is 6.61 Å². The number of hydrogen-bond acceptors (Lipinski definition) is 4. The summed E-state index contributed by atoms with van der Waals surface area (Å²) in [4.78, 5) is 5.26. The summed E-state index contributed by atoms with van der Waals surface area (Å²) in [6.07, 6.45) is 1.83. The molecule has 0 aliphatic heterocycles. The summed E-state index contributed by atoms with van der Waals surface area (Å²) in [7, 11) is 1.63. The van der Waals surface area contributed by atoms with Crippen molar-refractivity contribution in [2.75, 3.05) is 7.11 Å². The topological polar surface area (TPSA) is 39.4 Å². The molecule has 4 nitrogen and oxygen atoms in total. The van der Waals surface area contributed by atoms with Crippen molar-refractivity contribution < 1.29 is 9.13 Å². The number of imidazole rings is 1. The van der Waals surface area contributed by atoms with Gasteiger partial charge in [-0.15, -0.1) is 0 Å². The molecular weight excluding hydrogens is 253 g/mol. The highest BCUT2D eigenvalue weighted by molar-refractivity contribution is 7.16. The van der Waals surface area contributed by atoms with Gasteiger partial charge < -0.3 is 4.74 Å². The van der Waals surface area contributed by atoms with Crippen LogP contribution in [0.2, 0.25) is 0 Å². The molecule has 0 spiro atoms. The SMILES string of the molecule is COCc1nn2cc(-c3ccc(F)cc3)nc2s1. The van der Waals surface area contributed by atoms with Crippen LogP contribution in [0.3, 0.4) is 0 Å². The standard InChI is InChI=1S/C12H10FN3OS/c1-17-7-11-15-16-6-10(14-12(16)18-11)8-2-4-9(13)5-3-8/h2-6H,7H2,1H3. The summed E-state index contributed by atoms with van der Waals surface area (Å²) >= 11 is 1.48. The Hall–Kier alpha value is -1.79. The molecule has 0 N–H and O–H groups in total. The Bertz CT molecular complexity index is 643. The van der Waals surface area contributed by atoms with Gasteiger partial charge in [0.15, 0.2) is 0 Å². The van der Waals surface area contributed by atoms with Gasteiger partial charge in [0.25, 0.3) is 0 Å². The van der Waals surface area contributed by atoms with Gasteiger partial charge in [0.2, 0.25) is 4.96 Å². The quantitative estimate of drug-likeness (QED) is 0.729. The number of nitrogens with zero attached hydrogens (tertiary/aromatic N) is 3. The number of ether oxygens (including phenoxy) is 1. The number of benzene rings is 1. The third-order valence-electron chi connectivity index (χ3n) is 2.49. The maximum atomic E-state index is 12.8. The van der Waals surface area contributed by atoms with Crippen molar-refractivity contribution >= 4 is 16.3 Å². The minimum Gasteiger partial charge on any atom is -0.377 e. The minimum absolute atomic E-state index is 0.250. The van der Waals surface area contributed by atoms with Crippen molar-refractivity contribution in [1.29, 1.82) is 0 Å². The fourth-order valence-electron chi connectivity index (χ4n) is 1.68. The molecule has 6 heteroatoms. The van der Waals surface area contributed by atoms with E-state index in [1.165, 1.54) is 23.5 Å². The first-order chi connectivity index (χ1) is 8.76. The van der Waals surface area contributed by atoms with Crippen LogP contribution in [0.5, 0.6) is 0 Å². The van der Waals surface area contributed by atoms with Gasteiger partial charge >= 0.3 is 0 Å². The molecule has 0 bridgehead atoms. The predicted molar refractivity (Wildman–Crippen MR) is 67.0 cm³/mol. The monoisotopic (exact) mass is 263 g/mol. The highest BCUT2D eigenvalue weighted by Crippen LogP contribution is 2.22. The minimum atomic E-state index is -0.250. The molecular formula is C12H10FN3OS. The van der Waals surface area contributed by atoms with E-state index in [-0.39, 0.29) is 5.82 Å². The summed E-state index contributed by atoms with van der Waals surface area (Å²) in [5.41, 5.74) is 1.67. The Morgan fingerprint density at radius 3 is 2.78 bits per heavy atom. The lowest BCUT2D eigenvalue weighted by Crippen LogP contribution is -1.88. The van der Waals surface area contributed by atoms with Crippen LogP contribution in [0.4, 0.5) is 4.39 Å². The van der Waals surface area contributed by atoms with E-state index >= 15 is 0 Å². The van der Waals surface area contributed by atoms with Crippen molar-refractivity contribution in [3.63, 3.8) is 0 Å². The van der Waals surface area contributed by atoms with E-state index in [2.05, 4.69) is 10.1 Å². The zero-order valence-electron chi connectivity index (χ0n) is 9.63. The summed E-state index contributed by atoms with van der Waals surface area (Å²) in [6.45, 7) is 0.486. The number of aromatic nitrogens is 3. The van der Waals surface area contributed by atoms with Gasteiger partial charge in [-0.25, -0.2) is 13.9 Å². The first-order valence-electron chi connectivity index (χ1n) is 5.36. The Labute approximate surface area is 107 Å². The average Bonchev–Trinajstić information content (AvgIpc) is 2.88. The molecule has 92 valence electrons. The Morgan fingerprint density at radius 2 is 2.11 bits per heavy atom. The number of hydrogen-bond donors (Lipinski definition) is 0. The zero-order valence-corrected chi connectivity index (χ0v) is 10.4. The van der Waals surface area contributed by atoms with Gasteiger partial charge in [0, 0.05) is 12.7 Å². The lowest BCUT2D eigenvalue weighted by molar-refractivity contribution is 0.183. The molecule has 18 heavy (non-hydrogen) atoms. The molecule has 0 atom stereocenters. The van der Waals surface area contributed by atoms with Gasteiger partial charge in [0.05, 0.1) is 18.5 Å². The molecule has 1 aromatic carbocycles. The van der Waals surface area contributed by atoms with E-state index in [9.17, 15) is 4.39 Å². The molecule has 0 amide bonds. The second-order valence-electron chi connectivity index (χ2n) is 3.79. The Morgan fingerprint density at radius 1 is 1.33 bits per heavy atom. The van der Waals surface area contributed by atoms with Crippen LogP contribution in [0.25, 0.3) is 16.2 Å². The fraction of sp³-hybridized carbons (Fsp3) is 0.167. The summed E-state index contributed by atoms with van der Waals surface area (Å²) in [5, 5.41) is 5.22. The second-order valence-corrected chi connectivity index (χ2v) is 4.83. The van der Waals surface area contributed by atoms with Crippen LogP contribution >= 0.6 is 11.3 Å². The van der Waals surface area contributed by atoms with Crippen LogP contribution in [0, 0.1) is 5.82 Å². The molecule has 0 radical (unpaired) electrons. The maximum absolute atomic E-state index is 12.8. The molecule has 0 saturated carbocycles. The van der Waals surface area contributed by atoms with Crippen molar-refractivity contribution in [2.24, 2.45) is 0 Å². The Balaban J connectivity index is 1.98. The lowest BCUT2D eigenvalue weighted by Gasteiger charge is -1.94. The van der Waals surface area contributed by atoms with Gasteiger partial charge in [-0.2, -0.15) is 5.10 Å². The molecule has 2 heterocycles. The largest absolute Gasteiger partial charge is 0.377 e. The average molecular weight is 263 g/mol. The molecule has 3 aromatic rings. The highest BCUT2D eigenvalue weighted by atomic mass is 32.1. The van der Waals surface area contributed by atoms with Crippen molar-refractivity contribution in [3.8, 4) is 11.3 Å². The third kappa shape index (κ3) is 2.00. The van der Waals surface area contributed by atoms with E-state index in [1.807, 2.05) is 6.20 Å². The van der Waals surface area contributed by atoms with Crippen LogP contribution in [0.1, 0.15) is 5.01 Å². The first-order valence-corrected chi connectivity index (χ1v) is 6.18. The van der Waals surface area contributed by atoms with Gasteiger partial charge in [-0.3, -0.25) is 0 Å². The van der Waals surface area contributed by atoms with Gasteiger partial charge in [0.1, 0.15) is 10.8 Å². The van der Waals surface area contributed by atoms with Gasteiger partial charge in [-0.05, 0) is 24.3 Å². The van der Waals surface area contributed by atoms with Crippen LogP contribution < -0.4 is 0 Å². The van der Waals surface area contributed by atoms with E-state index < -0.39 is 0 Å². The predicted octanol–water partition coefficient (Wildman–Crippen LogP) is 2.74. The van der Waals surface area contributed by atoms with E-state index in [1.54, 1.807) is 23.8 Å². The second kappa shape index (κ2) is 4.47. The molecule has 0 aliphatic carbocycles. The smallest absolute Gasteiger partial charge is 0.212 e. The highest BCUT2D eigenvalue weighted by Gasteiger charge is 2.09. The zero-order chi connectivity index (χ0) is 12.5. The molecule has 0 unspecified atom stereocenters. The summed E-state index contributed by atoms with van der Waals surface area (Å²) in [6, 6.07) is 6.26. The third-order valence-corrected chi connectivity index (χ3v) is 3.39. The first kappa shape index (κ1) is 11.3. The van der Waals surface area contributed by atoms with Crippen LogP contribution in [-0.4, -0.2) is 21.7 Å². The van der Waals surface area contributed by atoms with Crippen LogP contribution in [-0.2, 0) is 11.3 Å². The number of fused-ring (bicyclic) bond motifs is 1. The summed E-state index contributed by atoms with van der Waals surface area (Å²) < 4.78 is 19.6. The van der Waals surface area contributed by atoms with E-state index in [0.29, 0.717) is 6.61 Å². The van der Waals surface area contributed by atoms with E-state index in [4.69, 9.17) is 4.74 Å². The Kier molecular flexibility index (Phi) is 2.81. The van der Waals surface area contributed by atoms with Gasteiger partial charge in [-0.1, -0.05) is 11.3 Å². The molecule has 0 saturated heterocycles. The van der Waals surface area contributed by atoms with Crippen molar-refractivity contribution in [3.05, 3.63) is 41.3 Å². The number of halogens is 1. The number of rotatable bonds is 3. The molecule has 0 aliphatic rings. The van der Waals surface area contributed by atoms with Crippen molar-refractivity contribution in [1.82, 2.24) is 14.6 Å². The maximum Gasteiger partial charge on any atom is 0.212 e. The van der Waals surface area contributed by atoms with E-state index in [0.717, 1.165) is 21.2 Å². The normalized spacial score (nSPS) is 11.2. The van der Waals surface area contributed by atoms with Crippen LogP contribution in [0.15, 0.2) is 30.5 Å².